The third-order valence-electron chi connectivity index (χ3n) is 5.27. The molecule has 0 radical (unpaired) electrons. The Kier molecular flexibility index (Phi) is 7.91. The van der Waals surface area contributed by atoms with E-state index in [0.717, 1.165) is 36.0 Å². The van der Waals surface area contributed by atoms with Crippen LogP contribution < -0.4 is 0 Å². The molecular formula is C28H28F2O. The van der Waals surface area contributed by atoms with Crippen LogP contribution in [0.25, 0.3) is 28.3 Å². The third-order valence-corrected chi connectivity index (χ3v) is 5.27. The van der Waals surface area contributed by atoms with Crippen LogP contribution in [0.2, 0.25) is 0 Å². The van der Waals surface area contributed by atoms with Crippen LogP contribution in [0.4, 0.5) is 8.78 Å². The summed E-state index contributed by atoms with van der Waals surface area (Å²) < 4.78 is 28.7. The molecule has 0 saturated carbocycles. The summed E-state index contributed by atoms with van der Waals surface area (Å²) >= 11 is 0. The summed E-state index contributed by atoms with van der Waals surface area (Å²) in [5.74, 6) is -1.63. The van der Waals surface area contributed by atoms with Gasteiger partial charge in [-0.15, -0.1) is 6.58 Å². The highest BCUT2D eigenvalue weighted by Crippen LogP contribution is 2.29. The van der Waals surface area contributed by atoms with Gasteiger partial charge >= 0.3 is 0 Å². The topological polar surface area (TPSA) is 20.2 Å². The highest BCUT2D eigenvalue weighted by atomic mass is 19.2. The van der Waals surface area contributed by atoms with Gasteiger partial charge in [-0.05, 0) is 60.4 Å². The minimum Gasteiger partial charge on any atom is -0.393 e. The van der Waals surface area contributed by atoms with E-state index in [4.69, 9.17) is 0 Å². The Balaban J connectivity index is 1.70. The third kappa shape index (κ3) is 5.99. The molecule has 0 saturated heterocycles. The first kappa shape index (κ1) is 22.6. The fourth-order valence-electron chi connectivity index (χ4n) is 3.50. The zero-order valence-corrected chi connectivity index (χ0v) is 17.8. The number of benzene rings is 3. The summed E-state index contributed by atoms with van der Waals surface area (Å²) in [6.45, 7) is 5.39. The van der Waals surface area contributed by atoms with Gasteiger partial charge in [-0.2, -0.15) is 0 Å². The minimum absolute atomic E-state index is 0.244. The van der Waals surface area contributed by atoms with Gasteiger partial charge in [0.25, 0.3) is 0 Å². The molecule has 3 aromatic rings. The maximum atomic E-state index is 14.5. The monoisotopic (exact) mass is 418 g/mol. The number of allylic oxidation sites excluding steroid dienone is 2. The van der Waals surface area contributed by atoms with Crippen molar-refractivity contribution in [2.24, 2.45) is 0 Å². The molecular weight excluding hydrogens is 390 g/mol. The summed E-state index contributed by atoms with van der Waals surface area (Å²) in [6.07, 6.45) is 8.56. The molecule has 1 unspecified atom stereocenters. The number of rotatable bonds is 9. The molecule has 160 valence electrons. The van der Waals surface area contributed by atoms with Crippen molar-refractivity contribution in [3.8, 4) is 22.3 Å². The molecule has 3 rings (SSSR count). The smallest absolute Gasteiger partial charge is 0.166 e. The standard InChI is InChI=1S/C28H28F2O/c1-3-7-25-18-19-26(28(30)27(25)29)24-16-14-23(15-17-24)22-12-10-21(11-13-22)9-6-4-5-8-20(2)31/h3,6,9-20,31H,1,4-5,7-8H2,2H3/b9-6+. The van der Waals surface area contributed by atoms with Crippen molar-refractivity contribution in [2.75, 3.05) is 0 Å². The van der Waals surface area contributed by atoms with Gasteiger partial charge in [0, 0.05) is 5.56 Å². The highest BCUT2D eigenvalue weighted by Gasteiger charge is 2.14. The molecule has 0 amide bonds. The van der Waals surface area contributed by atoms with E-state index >= 15 is 0 Å². The lowest BCUT2D eigenvalue weighted by Crippen LogP contribution is -1.97. The van der Waals surface area contributed by atoms with E-state index in [2.05, 4.69) is 43.0 Å². The first-order chi connectivity index (χ1) is 15.0. The van der Waals surface area contributed by atoms with Crippen LogP contribution in [-0.4, -0.2) is 11.2 Å². The summed E-state index contributed by atoms with van der Waals surface area (Å²) in [4.78, 5) is 0. The Bertz CT molecular complexity index is 1030. The first-order valence-electron chi connectivity index (χ1n) is 10.6. The zero-order chi connectivity index (χ0) is 22.2. The van der Waals surface area contributed by atoms with Gasteiger partial charge in [0.1, 0.15) is 0 Å². The van der Waals surface area contributed by atoms with Crippen molar-refractivity contribution in [2.45, 2.75) is 38.7 Å². The van der Waals surface area contributed by atoms with Gasteiger partial charge in [0.15, 0.2) is 11.6 Å². The van der Waals surface area contributed by atoms with Crippen molar-refractivity contribution < 1.29 is 13.9 Å². The fraction of sp³-hybridized carbons (Fsp3) is 0.214. The summed E-state index contributed by atoms with van der Waals surface area (Å²) in [7, 11) is 0. The maximum Gasteiger partial charge on any atom is 0.166 e. The van der Waals surface area contributed by atoms with E-state index in [9.17, 15) is 13.9 Å². The first-order valence-corrected chi connectivity index (χ1v) is 10.6. The maximum absolute atomic E-state index is 14.5. The van der Waals surface area contributed by atoms with Crippen LogP contribution in [0.15, 0.2) is 79.4 Å². The SMILES string of the molecule is C=CCc1ccc(-c2ccc(-c3ccc(/C=C/CCCC(C)O)cc3)cc2)c(F)c1F. The van der Waals surface area contributed by atoms with E-state index in [1.165, 1.54) is 0 Å². The summed E-state index contributed by atoms with van der Waals surface area (Å²) in [5, 5.41) is 9.28. The van der Waals surface area contributed by atoms with Crippen LogP contribution in [0, 0.1) is 11.6 Å². The van der Waals surface area contributed by atoms with E-state index < -0.39 is 11.6 Å². The lowest BCUT2D eigenvalue weighted by molar-refractivity contribution is 0.182. The van der Waals surface area contributed by atoms with Gasteiger partial charge < -0.3 is 5.11 Å². The van der Waals surface area contributed by atoms with Crippen molar-refractivity contribution in [1.82, 2.24) is 0 Å². The second-order valence-electron chi connectivity index (χ2n) is 7.77. The Hall–Kier alpha value is -3.04. The normalized spacial score (nSPS) is 12.3. The molecule has 3 heteroatoms. The van der Waals surface area contributed by atoms with Crippen molar-refractivity contribution >= 4 is 6.08 Å². The van der Waals surface area contributed by atoms with Crippen LogP contribution in [-0.2, 0) is 6.42 Å². The van der Waals surface area contributed by atoms with Gasteiger partial charge in [-0.25, -0.2) is 8.78 Å². The molecule has 1 N–H and O–H groups in total. The number of hydrogen-bond donors (Lipinski definition) is 1. The predicted molar refractivity (Wildman–Crippen MR) is 126 cm³/mol. The van der Waals surface area contributed by atoms with Gasteiger partial charge in [-0.3, -0.25) is 0 Å². The van der Waals surface area contributed by atoms with E-state index in [1.54, 1.807) is 18.2 Å². The average molecular weight is 419 g/mol. The quantitative estimate of drug-likeness (QED) is 0.280. The molecule has 0 aliphatic heterocycles. The second kappa shape index (κ2) is 10.8. The molecule has 0 aliphatic carbocycles. The largest absolute Gasteiger partial charge is 0.393 e. The lowest BCUT2D eigenvalue weighted by Gasteiger charge is -2.09. The van der Waals surface area contributed by atoms with Gasteiger partial charge in [0.2, 0.25) is 0 Å². The van der Waals surface area contributed by atoms with E-state index in [0.29, 0.717) is 17.5 Å². The molecule has 1 nitrogen and oxygen atoms in total. The summed E-state index contributed by atoms with van der Waals surface area (Å²) in [6, 6.07) is 18.9. The van der Waals surface area contributed by atoms with Crippen molar-refractivity contribution in [3.05, 3.63) is 102 Å². The lowest BCUT2D eigenvalue weighted by atomic mass is 9.98. The molecule has 0 bridgehead atoms. The zero-order valence-electron chi connectivity index (χ0n) is 17.8. The Labute approximate surface area is 183 Å². The molecule has 0 heterocycles. The molecule has 31 heavy (non-hydrogen) atoms. The minimum atomic E-state index is -0.823. The number of aliphatic hydroxyl groups is 1. The molecule has 0 spiro atoms. The Morgan fingerprint density at radius 1 is 0.871 bits per heavy atom. The van der Waals surface area contributed by atoms with Crippen LogP contribution in [0.3, 0.4) is 0 Å². The predicted octanol–water partition coefficient (Wildman–Crippen LogP) is 7.59. The number of halogens is 2. The number of hydrogen-bond acceptors (Lipinski definition) is 1. The van der Waals surface area contributed by atoms with Crippen molar-refractivity contribution in [1.29, 1.82) is 0 Å². The molecule has 0 aliphatic rings. The number of aliphatic hydroxyl groups excluding tert-OH is 1. The van der Waals surface area contributed by atoms with E-state index in [-0.39, 0.29) is 11.7 Å². The van der Waals surface area contributed by atoms with Crippen molar-refractivity contribution in [3.63, 3.8) is 0 Å². The van der Waals surface area contributed by atoms with E-state index in [1.807, 2.05) is 31.2 Å². The molecule has 0 aromatic heterocycles. The average Bonchev–Trinajstić information content (AvgIpc) is 2.77. The highest BCUT2D eigenvalue weighted by molar-refractivity contribution is 5.71. The molecule has 0 fully saturated rings. The van der Waals surface area contributed by atoms with Gasteiger partial charge in [0.05, 0.1) is 6.10 Å². The molecule has 1 atom stereocenters. The number of unbranched alkanes of at least 4 members (excludes halogenated alkanes) is 1. The Morgan fingerprint density at radius 3 is 2.10 bits per heavy atom. The molecule has 3 aromatic carbocycles. The van der Waals surface area contributed by atoms with Crippen LogP contribution in [0.1, 0.15) is 37.3 Å². The fourth-order valence-corrected chi connectivity index (χ4v) is 3.50. The second-order valence-corrected chi connectivity index (χ2v) is 7.77. The van der Waals surface area contributed by atoms with Crippen LogP contribution in [0.5, 0.6) is 0 Å². The van der Waals surface area contributed by atoms with Gasteiger partial charge in [-0.1, -0.05) is 78.9 Å². The summed E-state index contributed by atoms with van der Waals surface area (Å²) in [5.41, 5.74) is 4.40. The Morgan fingerprint density at radius 2 is 1.48 bits per heavy atom. The van der Waals surface area contributed by atoms with Crippen LogP contribution >= 0.6 is 0 Å².